The first kappa shape index (κ1) is 10.2. The molecular weight excluding hydrogens is 258 g/mol. The van der Waals surface area contributed by atoms with Gasteiger partial charge in [-0.2, -0.15) is 4.98 Å². The van der Waals surface area contributed by atoms with Crippen LogP contribution in [0.5, 0.6) is 0 Å². The summed E-state index contributed by atoms with van der Waals surface area (Å²) in [4.78, 5) is 14.9. The van der Waals surface area contributed by atoms with Gasteiger partial charge in [0.2, 0.25) is 0 Å². The van der Waals surface area contributed by atoms with E-state index in [1.165, 1.54) is 0 Å². The summed E-state index contributed by atoms with van der Waals surface area (Å²) in [5.74, 6) is 0.658. The van der Waals surface area contributed by atoms with Gasteiger partial charge in [-0.05, 0) is 37.6 Å². The molecule has 0 saturated carbocycles. The molecule has 0 unspecified atom stereocenters. The van der Waals surface area contributed by atoms with Crippen LogP contribution < -0.4 is 5.69 Å². The highest BCUT2D eigenvalue weighted by molar-refractivity contribution is 9.10. The smallest absolute Gasteiger partial charge is 0.244 e. The maximum Gasteiger partial charge on any atom is 0.361 e. The third-order valence-electron chi connectivity index (χ3n) is 2.19. The van der Waals surface area contributed by atoms with Gasteiger partial charge in [0.15, 0.2) is 0 Å². The fraction of sp³-hybridized carbons (Fsp3) is 0.200. The molecule has 2 rings (SSSR count). The molecule has 0 aliphatic rings. The average Bonchev–Trinajstić information content (AvgIpc) is 2.45. The van der Waals surface area contributed by atoms with Crippen LogP contribution in [0.4, 0.5) is 0 Å². The Morgan fingerprint density at radius 1 is 1.40 bits per heavy atom. The third kappa shape index (κ3) is 1.87. The summed E-state index contributed by atoms with van der Waals surface area (Å²) in [6.07, 6.45) is 0. The molecule has 0 spiro atoms. The van der Waals surface area contributed by atoms with E-state index in [0.717, 1.165) is 15.7 Å². The first-order chi connectivity index (χ1) is 7.08. The number of hydrogen-bond donors (Lipinski definition) is 1. The van der Waals surface area contributed by atoms with Crippen molar-refractivity contribution in [3.05, 3.63) is 44.5 Å². The maximum absolute atomic E-state index is 11.1. The molecule has 0 fully saturated rings. The van der Waals surface area contributed by atoms with Gasteiger partial charge in [0.05, 0.1) is 5.69 Å². The number of aromatic nitrogens is 3. The highest BCUT2D eigenvalue weighted by Crippen LogP contribution is 2.18. The van der Waals surface area contributed by atoms with Crippen LogP contribution in [-0.4, -0.2) is 14.8 Å². The van der Waals surface area contributed by atoms with Crippen LogP contribution in [0.1, 0.15) is 11.4 Å². The summed E-state index contributed by atoms with van der Waals surface area (Å²) in [7, 11) is 0. The lowest BCUT2D eigenvalue weighted by molar-refractivity contribution is 0.825. The molecule has 0 bridgehead atoms. The number of rotatable bonds is 1. The average molecular weight is 268 g/mol. The van der Waals surface area contributed by atoms with E-state index in [2.05, 4.69) is 26.0 Å². The van der Waals surface area contributed by atoms with Crippen molar-refractivity contribution in [2.24, 2.45) is 0 Å². The van der Waals surface area contributed by atoms with E-state index >= 15 is 0 Å². The molecular formula is C10H10BrN3O. The molecule has 0 amide bonds. The second kappa shape index (κ2) is 3.66. The molecule has 1 aromatic carbocycles. The molecule has 5 heteroatoms. The van der Waals surface area contributed by atoms with Crippen LogP contribution >= 0.6 is 15.9 Å². The first-order valence-electron chi connectivity index (χ1n) is 4.50. The Morgan fingerprint density at radius 2 is 2.13 bits per heavy atom. The van der Waals surface area contributed by atoms with Crippen molar-refractivity contribution in [3.63, 3.8) is 0 Å². The molecule has 0 aliphatic carbocycles. The summed E-state index contributed by atoms with van der Waals surface area (Å²) < 4.78 is 2.70. The Labute approximate surface area is 95.1 Å². The van der Waals surface area contributed by atoms with E-state index in [0.29, 0.717) is 5.82 Å². The van der Waals surface area contributed by atoms with Crippen molar-refractivity contribution in [2.75, 3.05) is 0 Å². The van der Waals surface area contributed by atoms with E-state index in [4.69, 9.17) is 0 Å². The monoisotopic (exact) mass is 267 g/mol. The van der Waals surface area contributed by atoms with Crippen molar-refractivity contribution >= 4 is 15.9 Å². The van der Waals surface area contributed by atoms with Crippen molar-refractivity contribution in [1.82, 2.24) is 14.8 Å². The largest absolute Gasteiger partial charge is 0.361 e. The molecule has 78 valence electrons. The zero-order valence-corrected chi connectivity index (χ0v) is 10.00. The van der Waals surface area contributed by atoms with Crippen molar-refractivity contribution in [1.29, 1.82) is 0 Å². The fourth-order valence-electron chi connectivity index (χ4n) is 1.50. The number of nitrogens with zero attached hydrogens (tertiary/aromatic N) is 2. The number of aromatic amines is 1. The number of aryl methyl sites for hydroxylation is 2. The van der Waals surface area contributed by atoms with Gasteiger partial charge in [-0.3, -0.25) is 0 Å². The Bertz CT molecular complexity index is 556. The molecule has 1 heterocycles. The highest BCUT2D eigenvalue weighted by Gasteiger charge is 2.06. The predicted molar refractivity (Wildman–Crippen MR) is 61.4 cm³/mol. The first-order valence-corrected chi connectivity index (χ1v) is 5.29. The van der Waals surface area contributed by atoms with Gasteiger partial charge in [0.25, 0.3) is 0 Å². The summed E-state index contributed by atoms with van der Waals surface area (Å²) in [6, 6.07) is 5.86. The molecule has 1 aromatic heterocycles. The van der Waals surface area contributed by atoms with E-state index < -0.39 is 0 Å². The highest BCUT2D eigenvalue weighted by atomic mass is 79.9. The minimum absolute atomic E-state index is 0.324. The lowest BCUT2D eigenvalue weighted by Gasteiger charge is -2.07. The normalized spacial score (nSPS) is 10.6. The Balaban J connectivity index is 2.64. The zero-order chi connectivity index (χ0) is 11.0. The van der Waals surface area contributed by atoms with Crippen LogP contribution in [-0.2, 0) is 0 Å². The van der Waals surface area contributed by atoms with Gasteiger partial charge in [0.1, 0.15) is 5.82 Å². The van der Waals surface area contributed by atoms with E-state index in [9.17, 15) is 4.79 Å². The van der Waals surface area contributed by atoms with Crippen LogP contribution in [0.15, 0.2) is 27.5 Å². The number of H-pyrrole nitrogens is 1. The van der Waals surface area contributed by atoms with Crippen LogP contribution in [0, 0.1) is 13.8 Å². The van der Waals surface area contributed by atoms with Crippen LogP contribution in [0.3, 0.4) is 0 Å². The lowest BCUT2D eigenvalue weighted by atomic mass is 10.2. The molecule has 0 saturated heterocycles. The summed E-state index contributed by atoms with van der Waals surface area (Å²) in [5.41, 5.74) is 1.68. The van der Waals surface area contributed by atoms with Gasteiger partial charge in [-0.1, -0.05) is 15.9 Å². The van der Waals surface area contributed by atoms with Gasteiger partial charge >= 0.3 is 5.69 Å². The van der Waals surface area contributed by atoms with E-state index in [-0.39, 0.29) is 5.69 Å². The van der Waals surface area contributed by atoms with Crippen molar-refractivity contribution in [2.45, 2.75) is 13.8 Å². The van der Waals surface area contributed by atoms with Crippen molar-refractivity contribution in [3.8, 4) is 5.69 Å². The second-order valence-corrected chi connectivity index (χ2v) is 4.26. The Morgan fingerprint density at radius 3 is 2.67 bits per heavy atom. The van der Waals surface area contributed by atoms with Gasteiger partial charge < -0.3 is 0 Å². The maximum atomic E-state index is 11.1. The SMILES string of the molecule is Cc1cc(Br)ccc1-n1[nH]c(=O)nc1C. The topological polar surface area (TPSA) is 50.7 Å². The zero-order valence-electron chi connectivity index (χ0n) is 8.41. The number of halogens is 1. The third-order valence-corrected chi connectivity index (χ3v) is 2.69. The van der Waals surface area contributed by atoms with Crippen LogP contribution in [0.2, 0.25) is 0 Å². The quantitative estimate of drug-likeness (QED) is 0.859. The lowest BCUT2D eigenvalue weighted by Crippen LogP contribution is -2.06. The van der Waals surface area contributed by atoms with Gasteiger partial charge in [0, 0.05) is 4.47 Å². The molecule has 15 heavy (non-hydrogen) atoms. The molecule has 4 nitrogen and oxygen atoms in total. The molecule has 1 N–H and O–H groups in total. The van der Waals surface area contributed by atoms with Gasteiger partial charge in [-0.15, -0.1) is 0 Å². The molecule has 2 aromatic rings. The van der Waals surface area contributed by atoms with E-state index in [1.807, 2.05) is 25.1 Å². The minimum atomic E-state index is -0.324. The standard InChI is InChI=1S/C10H10BrN3O/c1-6-5-8(11)3-4-9(6)14-7(2)12-10(15)13-14/h3-5H,1-2H3,(H,13,15). The summed E-state index contributed by atoms with van der Waals surface area (Å²) in [6.45, 7) is 3.78. The second-order valence-electron chi connectivity index (χ2n) is 3.34. The van der Waals surface area contributed by atoms with Crippen molar-refractivity contribution < 1.29 is 0 Å². The molecule has 0 aliphatic heterocycles. The minimum Gasteiger partial charge on any atom is -0.244 e. The fourth-order valence-corrected chi connectivity index (χ4v) is 1.98. The molecule has 0 radical (unpaired) electrons. The predicted octanol–water partition coefficient (Wildman–Crippen LogP) is 1.94. The molecule has 0 atom stereocenters. The number of benzene rings is 1. The Hall–Kier alpha value is -1.36. The number of nitrogens with one attached hydrogen (secondary N) is 1. The Kier molecular flexibility index (Phi) is 2.48. The number of hydrogen-bond acceptors (Lipinski definition) is 2. The summed E-state index contributed by atoms with van der Waals surface area (Å²) >= 11 is 3.40. The van der Waals surface area contributed by atoms with Crippen LogP contribution in [0.25, 0.3) is 5.69 Å². The summed E-state index contributed by atoms with van der Waals surface area (Å²) in [5, 5.41) is 2.66. The van der Waals surface area contributed by atoms with E-state index in [1.54, 1.807) is 11.6 Å². The van der Waals surface area contributed by atoms with Gasteiger partial charge in [-0.25, -0.2) is 14.6 Å².